The summed E-state index contributed by atoms with van der Waals surface area (Å²) in [6, 6.07) is -0.282. The molecule has 112 valence electrons. The van der Waals surface area contributed by atoms with Gasteiger partial charge in [0.25, 0.3) is 0 Å². The van der Waals surface area contributed by atoms with E-state index in [4.69, 9.17) is 5.11 Å². The lowest BCUT2D eigenvalue weighted by Crippen LogP contribution is -2.48. The zero-order valence-electron chi connectivity index (χ0n) is 12.7. The fourth-order valence-electron chi connectivity index (χ4n) is 1.72. The predicted molar refractivity (Wildman–Crippen MR) is 75.3 cm³/mol. The number of rotatable bonds is 8. The van der Waals surface area contributed by atoms with Crippen molar-refractivity contribution in [2.45, 2.75) is 32.7 Å². The zero-order chi connectivity index (χ0) is 15.0. The smallest absolute Gasteiger partial charge is 0.323 e. The van der Waals surface area contributed by atoms with E-state index in [1.54, 1.807) is 11.9 Å². The van der Waals surface area contributed by atoms with E-state index in [9.17, 15) is 9.59 Å². The summed E-state index contributed by atoms with van der Waals surface area (Å²) in [6.07, 6.45) is 1.61. The number of hydrogen-bond donors (Lipinski definition) is 1. The van der Waals surface area contributed by atoms with Crippen LogP contribution < -0.4 is 0 Å². The fourth-order valence-corrected chi connectivity index (χ4v) is 1.72. The molecule has 6 heteroatoms. The third-order valence-electron chi connectivity index (χ3n) is 3.10. The van der Waals surface area contributed by atoms with Crippen LogP contribution in [0.4, 0.5) is 4.79 Å². The van der Waals surface area contributed by atoms with E-state index in [1.165, 1.54) is 4.90 Å². The summed E-state index contributed by atoms with van der Waals surface area (Å²) < 4.78 is 0. The molecule has 0 fully saturated rings. The van der Waals surface area contributed by atoms with Crippen LogP contribution in [-0.4, -0.2) is 78.6 Å². The number of nitrogens with zero attached hydrogens (tertiary/aromatic N) is 3. The second-order valence-electron chi connectivity index (χ2n) is 5.14. The van der Waals surface area contributed by atoms with Crippen LogP contribution in [0.3, 0.4) is 0 Å². The van der Waals surface area contributed by atoms with Gasteiger partial charge in [-0.3, -0.25) is 4.79 Å². The van der Waals surface area contributed by atoms with Crippen LogP contribution in [0.2, 0.25) is 0 Å². The number of hydrogen-bond acceptors (Lipinski definition) is 3. The van der Waals surface area contributed by atoms with Crippen LogP contribution in [0.1, 0.15) is 26.7 Å². The molecule has 19 heavy (non-hydrogen) atoms. The lowest BCUT2D eigenvalue weighted by atomic mass is 10.2. The third-order valence-corrected chi connectivity index (χ3v) is 3.10. The van der Waals surface area contributed by atoms with Crippen molar-refractivity contribution in [2.24, 2.45) is 0 Å². The van der Waals surface area contributed by atoms with E-state index in [0.717, 1.165) is 19.4 Å². The molecule has 0 spiro atoms. The Balaban J connectivity index is 4.47. The number of carbonyl (C=O) groups is 2. The van der Waals surface area contributed by atoms with Crippen LogP contribution in [-0.2, 0) is 4.79 Å². The zero-order valence-corrected chi connectivity index (χ0v) is 12.7. The summed E-state index contributed by atoms with van der Waals surface area (Å²) in [4.78, 5) is 28.1. The molecule has 2 amide bonds. The average Bonchev–Trinajstić information content (AvgIpc) is 2.33. The molecule has 0 aromatic carbocycles. The Hall–Kier alpha value is -1.30. The highest BCUT2D eigenvalue weighted by Gasteiger charge is 2.24. The van der Waals surface area contributed by atoms with E-state index in [0.29, 0.717) is 6.54 Å². The van der Waals surface area contributed by atoms with Crippen molar-refractivity contribution in [3.05, 3.63) is 0 Å². The second-order valence-corrected chi connectivity index (χ2v) is 5.14. The van der Waals surface area contributed by atoms with Crippen molar-refractivity contribution >= 4 is 12.0 Å². The van der Waals surface area contributed by atoms with Crippen molar-refractivity contribution in [2.75, 3.05) is 40.8 Å². The van der Waals surface area contributed by atoms with Crippen LogP contribution in [0.15, 0.2) is 0 Å². The van der Waals surface area contributed by atoms with Gasteiger partial charge in [0.2, 0.25) is 0 Å². The summed E-state index contributed by atoms with van der Waals surface area (Å²) in [6.45, 7) is 5.10. The topological polar surface area (TPSA) is 64.1 Å². The van der Waals surface area contributed by atoms with Gasteiger partial charge in [-0.2, -0.15) is 0 Å². The van der Waals surface area contributed by atoms with E-state index in [-0.39, 0.29) is 18.6 Å². The van der Waals surface area contributed by atoms with Crippen LogP contribution >= 0.6 is 0 Å². The van der Waals surface area contributed by atoms with E-state index < -0.39 is 5.97 Å². The summed E-state index contributed by atoms with van der Waals surface area (Å²) in [7, 11) is 5.69. The molecule has 0 radical (unpaired) electrons. The van der Waals surface area contributed by atoms with Crippen LogP contribution in [0.25, 0.3) is 0 Å². The number of urea groups is 1. The van der Waals surface area contributed by atoms with E-state index in [1.807, 2.05) is 27.9 Å². The van der Waals surface area contributed by atoms with Gasteiger partial charge in [-0.25, -0.2) is 4.79 Å². The molecule has 0 rings (SSSR count). The molecule has 0 saturated carbocycles. The lowest BCUT2D eigenvalue weighted by Gasteiger charge is -2.31. The maximum Gasteiger partial charge on any atom is 0.323 e. The Morgan fingerprint density at radius 3 is 2.16 bits per heavy atom. The quantitative estimate of drug-likeness (QED) is 0.721. The molecule has 0 bridgehead atoms. The van der Waals surface area contributed by atoms with Crippen LogP contribution in [0, 0.1) is 0 Å². The van der Waals surface area contributed by atoms with E-state index >= 15 is 0 Å². The largest absolute Gasteiger partial charge is 0.480 e. The summed E-state index contributed by atoms with van der Waals surface area (Å²) >= 11 is 0. The highest BCUT2D eigenvalue weighted by Crippen LogP contribution is 2.07. The van der Waals surface area contributed by atoms with Gasteiger partial charge < -0.3 is 19.8 Å². The normalized spacial score (nSPS) is 12.3. The molecular formula is C13H27N3O3. The van der Waals surface area contributed by atoms with Gasteiger partial charge in [0.15, 0.2) is 0 Å². The molecular weight excluding hydrogens is 246 g/mol. The molecule has 0 aliphatic carbocycles. The van der Waals surface area contributed by atoms with Gasteiger partial charge in [-0.05, 0) is 40.4 Å². The van der Waals surface area contributed by atoms with Crippen molar-refractivity contribution < 1.29 is 14.7 Å². The van der Waals surface area contributed by atoms with Gasteiger partial charge in [0.1, 0.15) is 6.54 Å². The van der Waals surface area contributed by atoms with Crippen molar-refractivity contribution in [1.29, 1.82) is 0 Å². The molecule has 0 saturated heterocycles. The molecule has 0 aliphatic heterocycles. The average molecular weight is 273 g/mol. The summed E-state index contributed by atoms with van der Waals surface area (Å²) in [5.41, 5.74) is 0. The van der Waals surface area contributed by atoms with Gasteiger partial charge >= 0.3 is 12.0 Å². The first-order valence-electron chi connectivity index (χ1n) is 6.67. The minimum Gasteiger partial charge on any atom is -0.480 e. The molecule has 0 heterocycles. The Bertz CT molecular complexity index is 295. The molecule has 0 aromatic heterocycles. The second kappa shape index (κ2) is 8.74. The molecule has 0 aromatic rings. The molecule has 0 aliphatic rings. The minimum absolute atomic E-state index is 0.0695. The van der Waals surface area contributed by atoms with Gasteiger partial charge in [0, 0.05) is 19.6 Å². The number of aliphatic carboxylic acids is 1. The summed E-state index contributed by atoms with van der Waals surface area (Å²) in [5, 5.41) is 8.89. The molecule has 1 atom stereocenters. The first kappa shape index (κ1) is 17.7. The molecule has 1 unspecified atom stereocenters. The van der Waals surface area contributed by atoms with Crippen molar-refractivity contribution in [3.8, 4) is 0 Å². The van der Waals surface area contributed by atoms with Gasteiger partial charge in [-0.1, -0.05) is 6.92 Å². The van der Waals surface area contributed by atoms with E-state index in [2.05, 4.69) is 4.90 Å². The SMILES string of the molecule is CCC(C)N(CC(=O)O)C(=O)N(C)CCCN(C)C. The van der Waals surface area contributed by atoms with Crippen LogP contribution in [0.5, 0.6) is 0 Å². The Labute approximate surface area is 116 Å². The monoisotopic (exact) mass is 273 g/mol. The van der Waals surface area contributed by atoms with Crippen molar-refractivity contribution in [3.63, 3.8) is 0 Å². The summed E-state index contributed by atoms with van der Waals surface area (Å²) in [5.74, 6) is -0.977. The number of carbonyl (C=O) groups excluding carboxylic acids is 1. The Morgan fingerprint density at radius 2 is 1.74 bits per heavy atom. The highest BCUT2D eigenvalue weighted by atomic mass is 16.4. The van der Waals surface area contributed by atoms with Gasteiger partial charge in [0.05, 0.1) is 0 Å². The standard InChI is InChI=1S/C13H27N3O3/c1-6-11(2)16(10-12(17)18)13(19)15(5)9-7-8-14(3)4/h11H,6-10H2,1-5H3,(H,17,18). The molecule has 6 nitrogen and oxygen atoms in total. The predicted octanol–water partition coefficient (Wildman–Crippen LogP) is 1.18. The number of amides is 2. The third kappa shape index (κ3) is 7.00. The number of carboxylic acids is 1. The van der Waals surface area contributed by atoms with Crippen molar-refractivity contribution in [1.82, 2.24) is 14.7 Å². The lowest BCUT2D eigenvalue weighted by molar-refractivity contribution is -0.138. The highest BCUT2D eigenvalue weighted by molar-refractivity contribution is 5.80. The maximum absolute atomic E-state index is 12.2. The maximum atomic E-state index is 12.2. The first-order valence-corrected chi connectivity index (χ1v) is 6.67. The number of carboxylic acid groups (broad SMARTS) is 1. The molecule has 1 N–H and O–H groups in total. The fraction of sp³-hybridized carbons (Fsp3) is 0.846. The Kier molecular flexibility index (Phi) is 8.14. The first-order chi connectivity index (χ1) is 8.79. The minimum atomic E-state index is -0.977. The Morgan fingerprint density at radius 1 is 1.16 bits per heavy atom. The van der Waals surface area contributed by atoms with Gasteiger partial charge in [-0.15, -0.1) is 0 Å².